The average molecular weight is 370 g/mol. The molecule has 1 amide bonds. The van der Waals surface area contributed by atoms with E-state index in [-0.39, 0.29) is 11.7 Å². The lowest BCUT2D eigenvalue weighted by atomic mass is 10.2. The van der Waals surface area contributed by atoms with E-state index in [9.17, 15) is 4.79 Å². The second kappa shape index (κ2) is 8.39. The molecule has 3 aromatic rings. The van der Waals surface area contributed by atoms with Crippen LogP contribution >= 0.6 is 11.8 Å². The van der Waals surface area contributed by atoms with Crippen LogP contribution in [0.15, 0.2) is 60.0 Å². The van der Waals surface area contributed by atoms with E-state index in [4.69, 9.17) is 9.47 Å². The average Bonchev–Trinajstić information content (AvgIpc) is 3.16. The van der Waals surface area contributed by atoms with Crippen LogP contribution in [0, 0.1) is 0 Å². The van der Waals surface area contributed by atoms with Crippen LogP contribution in [0.2, 0.25) is 0 Å². The number of benzene rings is 2. The number of para-hydroxylation sites is 1. The van der Waals surface area contributed by atoms with Gasteiger partial charge in [0.15, 0.2) is 0 Å². The molecule has 1 heterocycles. The Bertz CT molecular complexity index is 883. The second-order valence-corrected chi connectivity index (χ2v) is 6.15. The van der Waals surface area contributed by atoms with Gasteiger partial charge < -0.3 is 14.8 Å². The third-order valence-corrected chi connectivity index (χ3v) is 4.36. The van der Waals surface area contributed by atoms with Gasteiger partial charge >= 0.3 is 0 Å². The second-order valence-electron chi connectivity index (χ2n) is 5.21. The van der Waals surface area contributed by atoms with Gasteiger partial charge in [0.25, 0.3) is 0 Å². The number of hydrogen-bond acceptors (Lipinski definition) is 6. The van der Waals surface area contributed by atoms with Gasteiger partial charge in [-0.05, 0) is 24.3 Å². The summed E-state index contributed by atoms with van der Waals surface area (Å²) in [4.78, 5) is 16.5. The summed E-state index contributed by atoms with van der Waals surface area (Å²) in [5.74, 6) is 1.20. The molecule has 0 aliphatic carbocycles. The predicted molar refractivity (Wildman–Crippen MR) is 100 cm³/mol. The smallest absolute Gasteiger partial charge is 0.234 e. The van der Waals surface area contributed by atoms with Crippen molar-refractivity contribution in [2.45, 2.75) is 5.16 Å². The molecule has 0 fully saturated rings. The van der Waals surface area contributed by atoms with Gasteiger partial charge in [0.1, 0.15) is 17.8 Å². The summed E-state index contributed by atoms with van der Waals surface area (Å²) >= 11 is 1.26. The molecule has 1 N–H and O–H groups in total. The molecule has 8 heteroatoms. The largest absolute Gasteiger partial charge is 0.497 e. The van der Waals surface area contributed by atoms with E-state index in [1.807, 2.05) is 30.3 Å². The number of thioether (sulfide) groups is 1. The Balaban J connectivity index is 1.61. The first kappa shape index (κ1) is 17.8. The fourth-order valence-electron chi connectivity index (χ4n) is 2.25. The fraction of sp³-hybridized carbons (Fsp3) is 0.167. The highest BCUT2D eigenvalue weighted by Gasteiger charge is 2.11. The zero-order valence-electron chi connectivity index (χ0n) is 14.4. The van der Waals surface area contributed by atoms with Crippen LogP contribution in [-0.2, 0) is 4.79 Å². The molecule has 26 heavy (non-hydrogen) atoms. The van der Waals surface area contributed by atoms with Gasteiger partial charge in [-0.15, -0.1) is 5.10 Å². The zero-order chi connectivity index (χ0) is 18.4. The number of nitrogens with one attached hydrogen (secondary N) is 1. The van der Waals surface area contributed by atoms with E-state index in [1.165, 1.54) is 11.8 Å². The van der Waals surface area contributed by atoms with Crippen molar-refractivity contribution >= 4 is 23.4 Å². The van der Waals surface area contributed by atoms with Crippen molar-refractivity contribution in [3.8, 4) is 17.2 Å². The summed E-state index contributed by atoms with van der Waals surface area (Å²) in [5, 5.41) is 7.71. The van der Waals surface area contributed by atoms with Crippen LogP contribution in [0.25, 0.3) is 5.69 Å². The number of amides is 1. The van der Waals surface area contributed by atoms with Crippen LogP contribution in [0.3, 0.4) is 0 Å². The molecule has 3 rings (SSSR count). The van der Waals surface area contributed by atoms with Gasteiger partial charge in [-0.2, -0.15) is 0 Å². The maximum absolute atomic E-state index is 12.2. The first-order chi connectivity index (χ1) is 12.7. The summed E-state index contributed by atoms with van der Waals surface area (Å²) in [6.45, 7) is 0. The van der Waals surface area contributed by atoms with Gasteiger partial charge in [-0.1, -0.05) is 30.0 Å². The summed E-state index contributed by atoms with van der Waals surface area (Å²) in [6, 6.07) is 14.9. The van der Waals surface area contributed by atoms with Crippen molar-refractivity contribution in [3.63, 3.8) is 0 Å². The van der Waals surface area contributed by atoms with E-state index in [1.54, 1.807) is 43.4 Å². The van der Waals surface area contributed by atoms with Crippen LogP contribution in [0.5, 0.6) is 11.5 Å². The fourth-order valence-corrected chi connectivity index (χ4v) is 2.85. The topological polar surface area (TPSA) is 78.3 Å². The van der Waals surface area contributed by atoms with Crippen molar-refractivity contribution in [2.24, 2.45) is 0 Å². The molecule has 0 atom stereocenters. The number of nitrogens with zero attached hydrogens (tertiary/aromatic N) is 3. The van der Waals surface area contributed by atoms with Crippen molar-refractivity contribution in [2.75, 3.05) is 25.3 Å². The highest BCUT2D eigenvalue weighted by atomic mass is 32.2. The minimum Gasteiger partial charge on any atom is -0.497 e. The highest BCUT2D eigenvalue weighted by molar-refractivity contribution is 7.99. The van der Waals surface area contributed by atoms with E-state index in [0.717, 1.165) is 5.69 Å². The lowest BCUT2D eigenvalue weighted by Gasteiger charge is -2.11. The molecule has 0 aliphatic heterocycles. The molecule has 0 radical (unpaired) electrons. The number of carbonyl (C=O) groups excluding carboxylic acids is 1. The SMILES string of the molecule is COc1ccc(OC)c(NC(=O)CSc2ncn(-c3ccccc3)n2)c1. The third kappa shape index (κ3) is 4.34. The lowest BCUT2D eigenvalue weighted by molar-refractivity contribution is -0.113. The van der Waals surface area contributed by atoms with Gasteiger partial charge in [0.2, 0.25) is 11.1 Å². The number of carbonyl (C=O) groups is 1. The van der Waals surface area contributed by atoms with E-state index < -0.39 is 0 Å². The van der Waals surface area contributed by atoms with Crippen LogP contribution in [0.4, 0.5) is 5.69 Å². The summed E-state index contributed by atoms with van der Waals surface area (Å²) in [6.07, 6.45) is 1.63. The Kier molecular flexibility index (Phi) is 5.75. The number of ether oxygens (including phenoxy) is 2. The van der Waals surface area contributed by atoms with Crippen molar-refractivity contribution < 1.29 is 14.3 Å². The predicted octanol–water partition coefficient (Wildman–Crippen LogP) is 3.02. The van der Waals surface area contributed by atoms with Crippen LogP contribution in [-0.4, -0.2) is 40.6 Å². The Hall–Kier alpha value is -3.00. The summed E-state index contributed by atoms with van der Waals surface area (Å²) < 4.78 is 12.1. The van der Waals surface area contributed by atoms with Crippen molar-refractivity contribution in [1.29, 1.82) is 0 Å². The van der Waals surface area contributed by atoms with E-state index in [0.29, 0.717) is 22.3 Å². The molecule has 134 valence electrons. The standard InChI is InChI=1S/C18H18N4O3S/c1-24-14-8-9-16(25-2)15(10-14)20-17(23)11-26-18-19-12-22(21-18)13-6-4-3-5-7-13/h3-10,12H,11H2,1-2H3,(H,20,23). The maximum Gasteiger partial charge on any atom is 0.234 e. The Morgan fingerprint density at radius 3 is 2.69 bits per heavy atom. The van der Waals surface area contributed by atoms with E-state index in [2.05, 4.69) is 15.4 Å². The van der Waals surface area contributed by atoms with Gasteiger partial charge in [-0.3, -0.25) is 4.79 Å². The molecule has 2 aromatic carbocycles. The lowest BCUT2D eigenvalue weighted by Crippen LogP contribution is -2.15. The minimum absolute atomic E-state index is 0.180. The number of rotatable bonds is 7. The first-order valence-electron chi connectivity index (χ1n) is 7.81. The van der Waals surface area contributed by atoms with Gasteiger partial charge in [0.05, 0.1) is 31.3 Å². The summed E-state index contributed by atoms with van der Waals surface area (Å²) in [7, 11) is 3.12. The number of methoxy groups -OCH3 is 2. The molecular formula is C18H18N4O3S. The van der Waals surface area contributed by atoms with Crippen LogP contribution in [0.1, 0.15) is 0 Å². The van der Waals surface area contributed by atoms with Crippen molar-refractivity contribution in [1.82, 2.24) is 14.8 Å². The molecule has 0 spiro atoms. The Morgan fingerprint density at radius 1 is 1.15 bits per heavy atom. The number of aromatic nitrogens is 3. The number of hydrogen-bond donors (Lipinski definition) is 1. The van der Waals surface area contributed by atoms with E-state index >= 15 is 0 Å². The quantitative estimate of drug-likeness (QED) is 0.644. The zero-order valence-corrected chi connectivity index (χ0v) is 15.2. The van der Waals surface area contributed by atoms with Crippen LogP contribution < -0.4 is 14.8 Å². The minimum atomic E-state index is -0.183. The highest BCUT2D eigenvalue weighted by Crippen LogP contribution is 2.29. The monoisotopic (exact) mass is 370 g/mol. The molecule has 0 saturated carbocycles. The van der Waals surface area contributed by atoms with Gasteiger partial charge in [0, 0.05) is 6.07 Å². The molecular weight excluding hydrogens is 352 g/mol. The number of anilines is 1. The first-order valence-corrected chi connectivity index (χ1v) is 8.80. The maximum atomic E-state index is 12.2. The van der Waals surface area contributed by atoms with Gasteiger partial charge in [-0.25, -0.2) is 9.67 Å². The molecule has 0 aliphatic rings. The van der Waals surface area contributed by atoms with Crippen molar-refractivity contribution in [3.05, 3.63) is 54.9 Å². The Labute approximate surface area is 155 Å². The molecule has 0 unspecified atom stereocenters. The third-order valence-electron chi connectivity index (χ3n) is 3.50. The Morgan fingerprint density at radius 2 is 1.96 bits per heavy atom. The molecule has 1 aromatic heterocycles. The molecule has 0 saturated heterocycles. The molecule has 0 bridgehead atoms. The normalized spacial score (nSPS) is 10.4. The summed E-state index contributed by atoms with van der Waals surface area (Å²) in [5.41, 5.74) is 1.47. The molecule has 7 nitrogen and oxygen atoms in total.